The quantitative estimate of drug-likeness (QED) is 0.483. The first-order chi connectivity index (χ1) is 14.5. The van der Waals surface area contributed by atoms with Gasteiger partial charge in [-0.05, 0) is 35.4 Å². The van der Waals surface area contributed by atoms with Crippen LogP contribution in [-0.2, 0) is 14.8 Å². The molecule has 1 N–H and O–H groups in total. The molecule has 150 valence electrons. The lowest BCUT2D eigenvalue weighted by atomic mass is 9.99. The van der Waals surface area contributed by atoms with Crippen LogP contribution in [0.2, 0.25) is 0 Å². The zero-order chi connectivity index (χ0) is 21.1. The van der Waals surface area contributed by atoms with E-state index in [0.29, 0.717) is 10.9 Å². The molecule has 0 atom stereocenters. The molecule has 0 aliphatic rings. The van der Waals surface area contributed by atoms with E-state index in [-0.39, 0.29) is 16.3 Å². The molecule has 3 aromatic carbocycles. The molecular formula is C23H18N2O4S. The number of esters is 1. The highest BCUT2D eigenvalue weighted by Crippen LogP contribution is 2.33. The smallest absolute Gasteiger partial charge is 0.356 e. The first kappa shape index (κ1) is 19.6. The molecule has 0 saturated carbocycles. The minimum Gasteiger partial charge on any atom is -0.464 e. The van der Waals surface area contributed by atoms with Gasteiger partial charge in [0.2, 0.25) is 0 Å². The molecule has 1 heterocycles. The van der Waals surface area contributed by atoms with Crippen molar-refractivity contribution in [2.75, 3.05) is 11.8 Å². The van der Waals surface area contributed by atoms with Gasteiger partial charge in [0.1, 0.15) is 5.69 Å². The first-order valence-electron chi connectivity index (χ1n) is 9.15. The van der Waals surface area contributed by atoms with Crippen molar-refractivity contribution in [2.24, 2.45) is 0 Å². The molecule has 4 aromatic rings. The number of para-hydroxylation sites is 1. The van der Waals surface area contributed by atoms with E-state index in [4.69, 9.17) is 4.74 Å². The number of methoxy groups -OCH3 is 1. The van der Waals surface area contributed by atoms with Crippen LogP contribution in [0.1, 0.15) is 10.5 Å². The van der Waals surface area contributed by atoms with E-state index in [0.717, 1.165) is 11.1 Å². The van der Waals surface area contributed by atoms with Crippen LogP contribution in [-0.4, -0.2) is 26.5 Å². The number of carbonyl (C=O) groups excluding carboxylic acids is 1. The van der Waals surface area contributed by atoms with E-state index in [1.165, 1.54) is 19.2 Å². The summed E-state index contributed by atoms with van der Waals surface area (Å²) in [5, 5.41) is 0.710. The molecule has 4 rings (SSSR count). The van der Waals surface area contributed by atoms with Crippen LogP contribution in [0.4, 0.5) is 5.69 Å². The summed E-state index contributed by atoms with van der Waals surface area (Å²) in [4.78, 5) is 16.8. The minimum atomic E-state index is -3.83. The number of carbonyl (C=O) groups is 1. The number of hydrogen-bond acceptors (Lipinski definition) is 5. The number of pyridine rings is 1. The van der Waals surface area contributed by atoms with Crippen LogP contribution in [0, 0.1) is 0 Å². The lowest BCUT2D eigenvalue weighted by Crippen LogP contribution is -2.14. The highest BCUT2D eigenvalue weighted by atomic mass is 32.2. The topological polar surface area (TPSA) is 85.4 Å². The van der Waals surface area contributed by atoms with Gasteiger partial charge in [-0.2, -0.15) is 0 Å². The Morgan fingerprint density at radius 3 is 2.23 bits per heavy atom. The average Bonchev–Trinajstić information content (AvgIpc) is 2.79. The molecule has 0 aliphatic carbocycles. The first-order valence-corrected chi connectivity index (χ1v) is 10.6. The predicted molar refractivity (Wildman–Crippen MR) is 116 cm³/mol. The number of nitrogens with zero attached hydrogens (tertiary/aromatic N) is 1. The molecule has 0 saturated heterocycles. The molecule has 0 aliphatic heterocycles. The molecule has 0 fully saturated rings. The second-order valence-corrected chi connectivity index (χ2v) is 8.22. The molecule has 30 heavy (non-hydrogen) atoms. The number of benzene rings is 3. The second kappa shape index (κ2) is 7.96. The van der Waals surface area contributed by atoms with Crippen molar-refractivity contribution in [3.63, 3.8) is 0 Å². The van der Waals surface area contributed by atoms with Crippen LogP contribution < -0.4 is 4.72 Å². The van der Waals surface area contributed by atoms with Gasteiger partial charge in [-0.1, -0.05) is 60.7 Å². The van der Waals surface area contributed by atoms with Gasteiger partial charge in [0.25, 0.3) is 10.0 Å². The van der Waals surface area contributed by atoms with Crippen LogP contribution in [0.25, 0.3) is 22.0 Å². The van der Waals surface area contributed by atoms with E-state index in [1.54, 1.807) is 36.4 Å². The van der Waals surface area contributed by atoms with Crippen LogP contribution >= 0.6 is 0 Å². The number of rotatable bonds is 5. The summed E-state index contributed by atoms with van der Waals surface area (Å²) in [5.74, 6) is -0.602. The summed E-state index contributed by atoms with van der Waals surface area (Å²) >= 11 is 0. The molecule has 0 unspecified atom stereocenters. The maximum absolute atomic E-state index is 12.8. The van der Waals surface area contributed by atoms with Gasteiger partial charge in [0.15, 0.2) is 0 Å². The molecule has 1 aromatic heterocycles. The number of anilines is 1. The summed E-state index contributed by atoms with van der Waals surface area (Å²) in [7, 11) is -2.55. The van der Waals surface area contributed by atoms with Crippen molar-refractivity contribution in [1.29, 1.82) is 0 Å². The molecular weight excluding hydrogens is 400 g/mol. The lowest BCUT2D eigenvalue weighted by molar-refractivity contribution is 0.0594. The van der Waals surface area contributed by atoms with Crippen LogP contribution in [0.15, 0.2) is 89.8 Å². The van der Waals surface area contributed by atoms with Gasteiger partial charge in [-0.3, -0.25) is 4.72 Å². The number of fused-ring (bicyclic) bond motifs is 1. The fourth-order valence-electron chi connectivity index (χ4n) is 3.20. The van der Waals surface area contributed by atoms with Crippen molar-refractivity contribution in [1.82, 2.24) is 4.98 Å². The van der Waals surface area contributed by atoms with Crippen LogP contribution in [0.3, 0.4) is 0 Å². The Kier molecular flexibility index (Phi) is 5.20. The lowest BCUT2D eigenvalue weighted by Gasteiger charge is -2.14. The Bertz CT molecular complexity index is 1320. The summed E-state index contributed by atoms with van der Waals surface area (Å²) in [6.45, 7) is 0. The number of nitrogens with one attached hydrogen (secondary N) is 1. The zero-order valence-corrected chi connectivity index (χ0v) is 16.9. The van der Waals surface area contributed by atoms with Gasteiger partial charge in [0, 0.05) is 5.39 Å². The van der Waals surface area contributed by atoms with Gasteiger partial charge >= 0.3 is 5.97 Å². The molecule has 6 nitrogen and oxygen atoms in total. The summed E-state index contributed by atoms with van der Waals surface area (Å²) in [5.41, 5.74) is 2.35. The number of aromatic nitrogens is 1. The SMILES string of the molecule is COC(=O)c1cc(-c2ccccc2)c2cccc(NS(=O)(=O)c3ccccc3)c2n1. The monoisotopic (exact) mass is 418 g/mol. The van der Waals surface area contributed by atoms with E-state index in [9.17, 15) is 13.2 Å². The Morgan fingerprint density at radius 2 is 1.57 bits per heavy atom. The molecule has 7 heteroatoms. The number of ether oxygens (including phenoxy) is 1. The molecule has 0 spiro atoms. The number of hydrogen-bond donors (Lipinski definition) is 1. The average molecular weight is 418 g/mol. The Balaban J connectivity index is 1.93. The van der Waals surface area contributed by atoms with Crippen molar-refractivity contribution in [3.05, 3.63) is 90.6 Å². The van der Waals surface area contributed by atoms with Gasteiger partial charge in [-0.25, -0.2) is 18.2 Å². The van der Waals surface area contributed by atoms with Gasteiger partial charge in [0.05, 0.1) is 23.2 Å². The van der Waals surface area contributed by atoms with Crippen molar-refractivity contribution in [2.45, 2.75) is 4.90 Å². The fraction of sp³-hybridized carbons (Fsp3) is 0.0435. The fourth-order valence-corrected chi connectivity index (χ4v) is 4.29. The number of sulfonamides is 1. The molecule has 0 amide bonds. The Labute approximate surface area is 174 Å². The third-order valence-electron chi connectivity index (χ3n) is 4.62. The predicted octanol–water partition coefficient (Wildman–Crippen LogP) is 4.49. The second-order valence-electron chi connectivity index (χ2n) is 6.53. The van der Waals surface area contributed by atoms with Crippen molar-refractivity contribution < 1.29 is 17.9 Å². The van der Waals surface area contributed by atoms with Gasteiger partial charge in [-0.15, -0.1) is 0 Å². The summed E-state index contributed by atoms with van der Waals surface area (Å²) in [6, 6.07) is 24.4. The summed E-state index contributed by atoms with van der Waals surface area (Å²) in [6.07, 6.45) is 0. The third-order valence-corrected chi connectivity index (χ3v) is 6.00. The van der Waals surface area contributed by atoms with Crippen molar-refractivity contribution in [3.8, 4) is 11.1 Å². The Hall–Kier alpha value is -3.71. The van der Waals surface area contributed by atoms with E-state index in [1.807, 2.05) is 36.4 Å². The third kappa shape index (κ3) is 3.75. The highest BCUT2D eigenvalue weighted by Gasteiger charge is 2.19. The minimum absolute atomic E-state index is 0.0928. The largest absolute Gasteiger partial charge is 0.464 e. The van der Waals surface area contributed by atoms with Gasteiger partial charge < -0.3 is 4.74 Å². The van der Waals surface area contributed by atoms with Crippen molar-refractivity contribution >= 4 is 32.6 Å². The zero-order valence-electron chi connectivity index (χ0n) is 16.1. The maximum atomic E-state index is 12.8. The normalized spacial score (nSPS) is 11.2. The van der Waals surface area contributed by atoms with E-state index < -0.39 is 16.0 Å². The highest BCUT2D eigenvalue weighted by molar-refractivity contribution is 7.92. The molecule has 0 bridgehead atoms. The van der Waals surface area contributed by atoms with E-state index in [2.05, 4.69) is 9.71 Å². The Morgan fingerprint density at radius 1 is 0.900 bits per heavy atom. The van der Waals surface area contributed by atoms with E-state index >= 15 is 0 Å². The maximum Gasteiger partial charge on any atom is 0.356 e. The standard InChI is InChI=1S/C23H18N2O4S/c1-29-23(26)21-15-19(16-9-4-2-5-10-16)18-13-8-14-20(22(18)24-21)25-30(27,28)17-11-6-3-7-12-17/h2-15,25H,1H3. The molecule has 0 radical (unpaired) electrons. The van der Waals surface area contributed by atoms with Crippen LogP contribution in [0.5, 0.6) is 0 Å². The summed E-state index contributed by atoms with van der Waals surface area (Å²) < 4.78 is 33.1.